The molecule has 0 aliphatic rings. The van der Waals surface area contributed by atoms with Crippen molar-refractivity contribution < 1.29 is 32.6 Å². The molecule has 0 saturated heterocycles. The number of nitrogens with two attached hydrogens (primary N) is 1. The fourth-order valence-corrected chi connectivity index (χ4v) is 4.26. The van der Waals surface area contributed by atoms with E-state index in [2.05, 4.69) is 37.8 Å². The lowest BCUT2D eigenvalue weighted by molar-refractivity contribution is -0.118. The Bertz CT molecular complexity index is 1550. The molecule has 2 aromatic carbocycles. The monoisotopic (exact) mass is 675 g/mol. The van der Waals surface area contributed by atoms with Gasteiger partial charge < -0.3 is 31.2 Å². The van der Waals surface area contributed by atoms with Gasteiger partial charge in [-0.05, 0) is 37.1 Å². The van der Waals surface area contributed by atoms with Crippen molar-refractivity contribution in [3.05, 3.63) is 70.6 Å². The maximum absolute atomic E-state index is 14.7. The zero-order valence-electron chi connectivity index (χ0n) is 27.7. The number of carbonyl (C=O) groups is 3. The maximum atomic E-state index is 14.7. The number of nitrogens with zero attached hydrogens (tertiary/aromatic N) is 2. The molecule has 47 heavy (non-hydrogen) atoms. The number of hydrogen-bond acceptors (Lipinski definition) is 9. The molecule has 0 radical (unpaired) electrons. The van der Waals surface area contributed by atoms with E-state index in [4.69, 9.17) is 15.2 Å². The summed E-state index contributed by atoms with van der Waals surface area (Å²) in [7, 11) is 2.76. The molecule has 3 rings (SSSR count). The number of carbonyl (C=O) groups excluding carboxylic acids is 3. The molecule has 4 amide bonds. The van der Waals surface area contributed by atoms with Crippen molar-refractivity contribution in [1.82, 2.24) is 15.6 Å². The van der Waals surface area contributed by atoms with Gasteiger partial charge in [0.1, 0.15) is 28.1 Å². The second-order valence-corrected chi connectivity index (χ2v) is 10.2. The second-order valence-electron chi connectivity index (χ2n) is 9.16. The molecule has 0 unspecified atom stereocenters. The van der Waals surface area contributed by atoms with E-state index in [0.717, 1.165) is 36.8 Å². The predicted molar refractivity (Wildman–Crippen MR) is 184 cm³/mol. The van der Waals surface area contributed by atoms with Crippen LogP contribution in [0.25, 0.3) is 5.70 Å². The highest BCUT2D eigenvalue weighted by Gasteiger charge is 2.20. The molecule has 0 aliphatic carbocycles. The Hall–Kier alpha value is -5.05. The standard InChI is InChI=1S/C25H26F2N6O4S.C5H11NO.C2H6/c1-5-9-29-24(35)33-25-32-21(28)20(38-25)23(37-4)30-13(2)16-11-19(18(27)12-17(16)26)31-22(34)14-7-6-8-15(10-14)36-3;1-3-4-6-5(2)7;1-2/h6-8,10-12H,2,5,9,28H2,1,3-4H3,(H,31,34)(H2,29,32,33,35);3-4H2,1-2H3,(H,6,7);1-2H3. The summed E-state index contributed by atoms with van der Waals surface area (Å²) in [5, 5.41) is 10.5. The van der Waals surface area contributed by atoms with Gasteiger partial charge in [-0.25, -0.2) is 23.6 Å². The predicted octanol–water partition coefficient (Wildman–Crippen LogP) is 6.42. The number of nitrogen functional groups attached to an aromatic ring is 1. The SMILES string of the molecule is C=C(N=C(OC)c1sc(NC(=O)NCCC)nc1N)c1cc(NC(=O)c2cccc(OC)c2)c(F)cc1F.CC.CCCNC(C)=O. The van der Waals surface area contributed by atoms with Gasteiger partial charge in [-0.3, -0.25) is 14.9 Å². The minimum Gasteiger partial charge on any atom is -0.497 e. The van der Waals surface area contributed by atoms with Gasteiger partial charge in [0.2, 0.25) is 11.8 Å². The molecule has 15 heteroatoms. The Labute approximate surface area is 277 Å². The molecule has 0 bridgehead atoms. The summed E-state index contributed by atoms with van der Waals surface area (Å²) >= 11 is 0.984. The first-order valence-corrected chi connectivity index (χ1v) is 15.6. The van der Waals surface area contributed by atoms with Crippen LogP contribution in [0.5, 0.6) is 5.75 Å². The average molecular weight is 676 g/mol. The summed E-state index contributed by atoms with van der Waals surface area (Å²) < 4.78 is 39.6. The zero-order chi connectivity index (χ0) is 35.5. The number of urea groups is 1. The van der Waals surface area contributed by atoms with Crippen molar-refractivity contribution in [1.29, 1.82) is 0 Å². The summed E-state index contributed by atoms with van der Waals surface area (Å²) in [6.45, 7) is 14.5. The number of aromatic nitrogens is 1. The van der Waals surface area contributed by atoms with Crippen molar-refractivity contribution in [2.45, 2.75) is 47.5 Å². The molecule has 6 N–H and O–H groups in total. The molecule has 12 nitrogen and oxygen atoms in total. The third kappa shape index (κ3) is 13.1. The number of halogens is 2. The van der Waals surface area contributed by atoms with Crippen LogP contribution < -0.4 is 31.7 Å². The number of ether oxygens (including phenoxy) is 2. The van der Waals surface area contributed by atoms with Crippen LogP contribution in [0.1, 0.15) is 68.3 Å². The number of nitrogens with one attached hydrogen (secondary N) is 4. The molecule has 0 fully saturated rings. The smallest absolute Gasteiger partial charge is 0.321 e. The summed E-state index contributed by atoms with van der Waals surface area (Å²) in [6.07, 6.45) is 1.77. The van der Waals surface area contributed by atoms with Crippen molar-refractivity contribution in [3.63, 3.8) is 0 Å². The molecular formula is C32H43F2N7O5S. The Morgan fingerprint density at radius 3 is 2.23 bits per heavy atom. The van der Waals surface area contributed by atoms with Crippen LogP contribution in [0.4, 0.5) is 30.2 Å². The number of amides is 4. The lowest BCUT2D eigenvalue weighted by atomic mass is 10.1. The van der Waals surface area contributed by atoms with Gasteiger partial charge in [-0.2, -0.15) is 0 Å². The van der Waals surface area contributed by atoms with Gasteiger partial charge in [-0.1, -0.05) is 51.7 Å². The summed E-state index contributed by atoms with van der Waals surface area (Å²) in [5.41, 5.74) is 5.56. The lowest BCUT2D eigenvalue weighted by Gasteiger charge is -2.11. The Kier molecular flexibility index (Phi) is 17.8. The fourth-order valence-electron chi connectivity index (χ4n) is 3.42. The van der Waals surface area contributed by atoms with Gasteiger partial charge in [0, 0.05) is 37.2 Å². The highest BCUT2D eigenvalue weighted by molar-refractivity contribution is 7.18. The van der Waals surface area contributed by atoms with Gasteiger partial charge >= 0.3 is 6.03 Å². The number of thiazole rings is 1. The Morgan fingerprint density at radius 2 is 1.66 bits per heavy atom. The Morgan fingerprint density at radius 1 is 1.00 bits per heavy atom. The molecule has 0 saturated carbocycles. The first-order valence-electron chi connectivity index (χ1n) is 14.8. The highest BCUT2D eigenvalue weighted by Crippen LogP contribution is 2.30. The molecule has 0 aliphatic heterocycles. The minimum absolute atomic E-state index is 0.0139. The van der Waals surface area contributed by atoms with Crippen molar-refractivity contribution in [2.24, 2.45) is 4.99 Å². The van der Waals surface area contributed by atoms with E-state index < -0.39 is 23.6 Å². The van der Waals surface area contributed by atoms with Crippen LogP contribution in [0.15, 0.2) is 48.0 Å². The lowest BCUT2D eigenvalue weighted by Crippen LogP contribution is -2.29. The first kappa shape index (κ1) is 40.0. The van der Waals surface area contributed by atoms with Crippen LogP contribution in [0.3, 0.4) is 0 Å². The average Bonchev–Trinajstić information content (AvgIpc) is 3.42. The number of rotatable bonds is 11. The van der Waals surface area contributed by atoms with Crippen LogP contribution >= 0.6 is 11.3 Å². The first-order chi connectivity index (χ1) is 22.4. The quantitative estimate of drug-likeness (QED) is 0.115. The van der Waals surface area contributed by atoms with Crippen LogP contribution in [-0.4, -0.2) is 56.0 Å². The van der Waals surface area contributed by atoms with E-state index in [1.54, 1.807) is 12.1 Å². The third-order valence-corrected chi connectivity index (χ3v) is 6.58. The topological polar surface area (TPSA) is 169 Å². The molecule has 0 atom stereocenters. The molecule has 1 aromatic heterocycles. The van der Waals surface area contributed by atoms with Crippen molar-refractivity contribution in [2.75, 3.05) is 43.7 Å². The zero-order valence-corrected chi connectivity index (χ0v) is 28.5. The number of benzene rings is 2. The molecular weight excluding hydrogens is 632 g/mol. The Balaban J connectivity index is 0.00000108. The highest BCUT2D eigenvalue weighted by atomic mass is 32.1. The van der Waals surface area contributed by atoms with Gasteiger partial charge in [0.05, 0.1) is 25.6 Å². The second kappa shape index (κ2) is 20.9. The molecule has 3 aromatic rings. The molecule has 0 spiro atoms. The van der Waals surface area contributed by atoms with E-state index in [1.807, 2.05) is 27.7 Å². The normalized spacial score (nSPS) is 10.3. The van der Waals surface area contributed by atoms with E-state index in [-0.39, 0.29) is 50.1 Å². The van der Waals surface area contributed by atoms with E-state index in [1.165, 1.54) is 33.3 Å². The number of hydrogen-bond donors (Lipinski definition) is 5. The van der Waals surface area contributed by atoms with Crippen LogP contribution in [-0.2, 0) is 9.53 Å². The fraction of sp³-hybridized carbons (Fsp3) is 0.344. The largest absolute Gasteiger partial charge is 0.497 e. The molecule has 1 heterocycles. The maximum Gasteiger partial charge on any atom is 0.321 e. The van der Waals surface area contributed by atoms with Crippen LogP contribution in [0.2, 0.25) is 0 Å². The van der Waals surface area contributed by atoms with E-state index >= 15 is 0 Å². The van der Waals surface area contributed by atoms with E-state index in [9.17, 15) is 23.2 Å². The molecule has 256 valence electrons. The summed E-state index contributed by atoms with van der Waals surface area (Å²) in [5.74, 6) is -2.13. The summed E-state index contributed by atoms with van der Waals surface area (Å²) in [6, 6.07) is 7.48. The van der Waals surface area contributed by atoms with E-state index in [0.29, 0.717) is 18.4 Å². The number of aliphatic imine (C=N–C) groups is 1. The van der Waals surface area contributed by atoms with Gasteiger partial charge in [0.25, 0.3) is 5.91 Å². The third-order valence-electron chi connectivity index (χ3n) is 5.61. The summed E-state index contributed by atoms with van der Waals surface area (Å²) in [4.78, 5) is 43.2. The number of methoxy groups -OCH3 is 2. The van der Waals surface area contributed by atoms with Crippen LogP contribution in [0, 0.1) is 11.6 Å². The van der Waals surface area contributed by atoms with Gasteiger partial charge in [-0.15, -0.1) is 0 Å². The van der Waals surface area contributed by atoms with Crippen molar-refractivity contribution in [3.8, 4) is 5.75 Å². The number of anilines is 3. The minimum atomic E-state index is -0.991. The van der Waals surface area contributed by atoms with Crippen molar-refractivity contribution >= 4 is 57.4 Å². The van der Waals surface area contributed by atoms with Gasteiger partial charge in [0.15, 0.2) is 5.13 Å².